The number of carbonyl (C=O) groups is 1. The average molecular weight is 438 g/mol. The van der Waals surface area contributed by atoms with Gasteiger partial charge in [-0.25, -0.2) is 13.4 Å². The number of fused-ring (bicyclic) bond motifs is 1. The molecule has 0 radical (unpaired) electrons. The normalized spacial score (nSPS) is 23.7. The first-order valence-electron chi connectivity index (χ1n) is 11.5. The largest absolute Gasteiger partial charge is 0.339 e. The number of sulfonamides is 1. The molecule has 0 unspecified atom stereocenters. The molecule has 0 bridgehead atoms. The van der Waals surface area contributed by atoms with E-state index in [2.05, 4.69) is 16.4 Å². The van der Waals surface area contributed by atoms with E-state index in [4.69, 9.17) is 4.98 Å². The highest BCUT2D eigenvalue weighted by Crippen LogP contribution is 2.25. The van der Waals surface area contributed by atoms with Gasteiger partial charge in [-0.15, -0.1) is 0 Å². The van der Waals surface area contributed by atoms with Gasteiger partial charge in [0.25, 0.3) is 0 Å². The molecular weight excluding hydrogens is 402 g/mol. The molecule has 8 nitrogen and oxygen atoms in total. The van der Waals surface area contributed by atoms with Crippen molar-refractivity contribution in [2.24, 2.45) is 0 Å². The van der Waals surface area contributed by atoms with Crippen molar-refractivity contribution >= 4 is 15.9 Å². The Hall–Kier alpha value is -1.45. The molecule has 4 heterocycles. The fourth-order valence-electron chi connectivity index (χ4n) is 5.12. The van der Waals surface area contributed by atoms with E-state index in [1.165, 1.54) is 28.7 Å². The van der Waals surface area contributed by atoms with Gasteiger partial charge in [-0.1, -0.05) is 6.92 Å². The summed E-state index contributed by atoms with van der Waals surface area (Å²) in [5.41, 5.74) is 2.45. The highest BCUT2D eigenvalue weighted by atomic mass is 32.2. The van der Waals surface area contributed by atoms with E-state index in [0.29, 0.717) is 32.5 Å². The van der Waals surface area contributed by atoms with E-state index in [1.54, 1.807) is 0 Å². The van der Waals surface area contributed by atoms with Crippen LogP contribution in [0, 0.1) is 6.92 Å². The number of amides is 1. The Morgan fingerprint density at radius 1 is 1.07 bits per heavy atom. The van der Waals surface area contributed by atoms with Crippen molar-refractivity contribution in [2.75, 3.05) is 38.5 Å². The fourth-order valence-corrected chi connectivity index (χ4v) is 6.86. The third kappa shape index (κ3) is 4.29. The lowest BCUT2D eigenvalue weighted by Crippen LogP contribution is -2.54. The smallest absolute Gasteiger partial charge is 0.241 e. The standard InChI is InChI=1S/C21H35N5O3S/c1-3-15-30(28,29)26-10-6-7-18(26)21(27)24-13-11-23(12-14-24)16-19-17(2)22-20-8-4-5-9-25(19)20/h18H,3-16H2,1-2H3/t18-/m0/s1. The predicted octanol–water partition coefficient (Wildman–Crippen LogP) is 1.38. The Balaban J connectivity index is 1.36. The van der Waals surface area contributed by atoms with Gasteiger partial charge in [0.15, 0.2) is 0 Å². The highest BCUT2D eigenvalue weighted by Gasteiger charge is 2.40. The number of carbonyl (C=O) groups excluding carboxylic acids is 1. The summed E-state index contributed by atoms with van der Waals surface area (Å²) < 4.78 is 29.0. The van der Waals surface area contributed by atoms with Gasteiger partial charge in [-0.05, 0) is 39.0 Å². The van der Waals surface area contributed by atoms with Crippen LogP contribution >= 0.6 is 0 Å². The maximum atomic E-state index is 13.1. The van der Waals surface area contributed by atoms with Crippen LogP contribution in [0.2, 0.25) is 0 Å². The molecular formula is C21H35N5O3S. The number of hydrogen-bond acceptors (Lipinski definition) is 5. The lowest BCUT2D eigenvalue weighted by atomic mass is 10.1. The summed E-state index contributed by atoms with van der Waals surface area (Å²) in [5, 5.41) is 0. The second-order valence-corrected chi connectivity index (χ2v) is 10.9. The third-order valence-corrected chi connectivity index (χ3v) is 8.83. The van der Waals surface area contributed by atoms with Gasteiger partial charge in [0, 0.05) is 52.2 Å². The van der Waals surface area contributed by atoms with Crippen molar-refractivity contribution in [1.29, 1.82) is 0 Å². The van der Waals surface area contributed by atoms with Gasteiger partial charge in [0.1, 0.15) is 11.9 Å². The van der Waals surface area contributed by atoms with Crippen molar-refractivity contribution in [2.45, 2.75) is 71.5 Å². The minimum absolute atomic E-state index is 0.00950. The minimum Gasteiger partial charge on any atom is -0.339 e. The van der Waals surface area contributed by atoms with Gasteiger partial charge in [-0.3, -0.25) is 9.69 Å². The predicted molar refractivity (Wildman–Crippen MR) is 116 cm³/mol. The second kappa shape index (κ2) is 8.96. The Bertz CT molecular complexity index is 873. The number of piperazine rings is 1. The molecule has 2 fully saturated rings. The van der Waals surface area contributed by atoms with Gasteiger partial charge < -0.3 is 9.47 Å². The summed E-state index contributed by atoms with van der Waals surface area (Å²) in [6.45, 7) is 9.35. The number of hydrogen-bond donors (Lipinski definition) is 0. The summed E-state index contributed by atoms with van der Waals surface area (Å²) >= 11 is 0. The van der Waals surface area contributed by atoms with E-state index in [0.717, 1.165) is 44.7 Å². The molecule has 1 atom stereocenters. The molecule has 0 spiro atoms. The van der Waals surface area contributed by atoms with Crippen LogP contribution in [-0.4, -0.2) is 82.5 Å². The van der Waals surface area contributed by atoms with Gasteiger partial charge in [0.05, 0.1) is 17.1 Å². The first-order chi connectivity index (χ1) is 14.4. The topological polar surface area (TPSA) is 78.8 Å². The van der Waals surface area contributed by atoms with Crippen molar-refractivity contribution in [1.82, 2.24) is 23.7 Å². The molecule has 9 heteroatoms. The van der Waals surface area contributed by atoms with E-state index < -0.39 is 16.1 Å². The summed E-state index contributed by atoms with van der Waals surface area (Å²) in [5.74, 6) is 1.33. The Morgan fingerprint density at radius 3 is 2.57 bits per heavy atom. The average Bonchev–Trinajstić information content (AvgIpc) is 3.34. The molecule has 4 rings (SSSR count). The zero-order chi connectivity index (χ0) is 21.3. The molecule has 0 aromatic carbocycles. The van der Waals surface area contributed by atoms with Crippen LogP contribution in [0.4, 0.5) is 0 Å². The molecule has 0 N–H and O–H groups in total. The number of nitrogens with zero attached hydrogens (tertiary/aromatic N) is 5. The molecule has 0 aliphatic carbocycles. The van der Waals surface area contributed by atoms with Crippen LogP contribution < -0.4 is 0 Å². The van der Waals surface area contributed by atoms with Gasteiger partial charge in [0.2, 0.25) is 15.9 Å². The van der Waals surface area contributed by atoms with Gasteiger partial charge >= 0.3 is 0 Å². The fraction of sp³-hybridized carbons (Fsp3) is 0.810. The highest BCUT2D eigenvalue weighted by molar-refractivity contribution is 7.89. The van der Waals surface area contributed by atoms with Gasteiger partial charge in [-0.2, -0.15) is 4.31 Å². The third-order valence-electron chi connectivity index (χ3n) is 6.75. The summed E-state index contributed by atoms with van der Waals surface area (Å²) in [6.07, 6.45) is 5.51. The number of rotatable bonds is 6. The Morgan fingerprint density at radius 2 is 1.83 bits per heavy atom. The van der Waals surface area contributed by atoms with Crippen LogP contribution in [0.3, 0.4) is 0 Å². The molecule has 2 saturated heterocycles. The zero-order valence-electron chi connectivity index (χ0n) is 18.3. The van der Waals surface area contributed by atoms with Crippen molar-refractivity contribution in [3.05, 3.63) is 17.2 Å². The van der Waals surface area contributed by atoms with E-state index in [9.17, 15) is 13.2 Å². The summed E-state index contributed by atoms with van der Waals surface area (Å²) in [4.78, 5) is 22.2. The SMILES string of the molecule is CCCS(=O)(=O)N1CCC[C@H]1C(=O)N1CCN(Cc2c(C)nc3n2CCCC3)CC1. The van der Waals surface area contributed by atoms with Crippen molar-refractivity contribution in [3.63, 3.8) is 0 Å². The molecule has 30 heavy (non-hydrogen) atoms. The van der Waals surface area contributed by atoms with Crippen LogP contribution in [0.15, 0.2) is 0 Å². The summed E-state index contributed by atoms with van der Waals surface area (Å²) in [7, 11) is -3.34. The number of aryl methyl sites for hydroxylation is 2. The number of imidazole rings is 1. The van der Waals surface area contributed by atoms with Crippen LogP contribution in [0.5, 0.6) is 0 Å². The van der Waals surface area contributed by atoms with Crippen molar-refractivity contribution in [3.8, 4) is 0 Å². The molecule has 3 aliphatic rings. The van der Waals surface area contributed by atoms with Crippen molar-refractivity contribution < 1.29 is 13.2 Å². The second-order valence-electron chi connectivity index (χ2n) is 8.86. The molecule has 0 saturated carbocycles. The number of aromatic nitrogens is 2. The van der Waals surface area contributed by atoms with Crippen LogP contribution in [-0.2, 0) is 34.3 Å². The van der Waals surface area contributed by atoms with Crippen LogP contribution in [0.25, 0.3) is 0 Å². The monoisotopic (exact) mass is 437 g/mol. The maximum Gasteiger partial charge on any atom is 0.241 e. The van der Waals surface area contributed by atoms with E-state index >= 15 is 0 Å². The first kappa shape index (κ1) is 21.8. The van der Waals surface area contributed by atoms with E-state index in [1.807, 2.05) is 11.8 Å². The Kier molecular flexibility index (Phi) is 6.50. The first-order valence-corrected chi connectivity index (χ1v) is 13.1. The zero-order valence-corrected chi connectivity index (χ0v) is 19.2. The maximum absolute atomic E-state index is 13.1. The molecule has 1 aromatic heterocycles. The summed E-state index contributed by atoms with van der Waals surface area (Å²) in [6, 6.07) is -0.503. The lowest BCUT2D eigenvalue weighted by molar-refractivity contribution is -0.136. The Labute approximate surface area is 180 Å². The quantitative estimate of drug-likeness (QED) is 0.672. The molecule has 168 valence electrons. The van der Waals surface area contributed by atoms with E-state index in [-0.39, 0.29) is 11.7 Å². The molecule has 1 amide bonds. The lowest BCUT2D eigenvalue weighted by Gasteiger charge is -2.37. The minimum atomic E-state index is -3.34. The molecule has 1 aromatic rings. The van der Waals surface area contributed by atoms with Crippen LogP contribution in [0.1, 0.15) is 56.2 Å². The molecule has 3 aliphatic heterocycles.